The van der Waals surface area contributed by atoms with E-state index in [0.29, 0.717) is 56.7 Å². The van der Waals surface area contributed by atoms with Gasteiger partial charge in [0.1, 0.15) is 0 Å². The highest BCUT2D eigenvalue weighted by atomic mass is 16.5. The molecule has 24 atom stereocenters. The second-order valence-electron chi connectivity index (χ2n) is 28.6. The third-order valence-electron chi connectivity index (χ3n) is 26.5. The van der Waals surface area contributed by atoms with Crippen LogP contribution in [0.2, 0.25) is 0 Å². The van der Waals surface area contributed by atoms with Crippen molar-refractivity contribution >= 4 is 0 Å². The first-order chi connectivity index (χ1) is 31.9. The molecule has 67 heavy (non-hydrogen) atoms. The van der Waals surface area contributed by atoms with E-state index in [0.717, 1.165) is 104 Å². The highest BCUT2D eigenvalue weighted by Gasteiger charge is 2.86. The standard InChI is InChI=1S/C29H44O2.C28H43NO2.C4H11N/c1-17-5-7-21-18(2)29(31-25(21)13-17)12-10-23-22-8-6-19-14-20(30)9-11-26(19,3)24(22)15-28(23)16-27(28,29)4;1-16-11-23-24(29-14-16)17(2)28(31-23)10-8-21-20-6-5-18-12-19(30)7-9-25(18,3)22(20)13-27(21)15-26(27,28)4;1-3-5-4-2/h6,17-18,20-25,30H,5,7-16H2,1-4H3;5,16-17,19-24,29-30H,6-15H2,1-4H3;5H,3-4H2,1-2H3/t17-,18-,20+,21+,22+,23+,24+,25-,26+,27?,28?,29-;16-,17+,19-,20-,21-,22-,23+,24-,25-,26?,27?,28+;/m10./s1. The van der Waals surface area contributed by atoms with Crippen molar-refractivity contribution in [3.05, 3.63) is 23.3 Å². The quantitative estimate of drug-likeness (QED) is 0.207. The van der Waals surface area contributed by atoms with E-state index in [1.807, 2.05) is 0 Å². The number of hydrogen-bond donors (Lipinski definition) is 4. The molecule has 4 N–H and O–H groups in total. The molecule has 6 nitrogen and oxygen atoms in total. The van der Waals surface area contributed by atoms with Crippen LogP contribution in [0.3, 0.4) is 0 Å². The summed E-state index contributed by atoms with van der Waals surface area (Å²) in [7, 11) is 0. The lowest BCUT2D eigenvalue weighted by Gasteiger charge is -2.50. The van der Waals surface area contributed by atoms with Crippen LogP contribution < -0.4 is 10.6 Å². The Balaban J connectivity index is 0.000000127. The molecular formula is C61H98N2O4. The van der Waals surface area contributed by atoms with Gasteiger partial charge in [0.2, 0.25) is 0 Å². The lowest BCUT2D eigenvalue weighted by molar-refractivity contribution is -0.147. The van der Waals surface area contributed by atoms with E-state index in [2.05, 4.69) is 92.0 Å². The van der Waals surface area contributed by atoms with Gasteiger partial charge in [-0.15, -0.1) is 0 Å². The van der Waals surface area contributed by atoms with Gasteiger partial charge in [0.25, 0.3) is 0 Å². The predicted octanol–water partition coefficient (Wildman–Crippen LogP) is 12.2. The summed E-state index contributed by atoms with van der Waals surface area (Å²) in [4.78, 5) is 0. The second kappa shape index (κ2) is 15.9. The largest absolute Gasteiger partial charge is 0.393 e. The normalized spacial score (nSPS) is 59.9. The number of ether oxygens (including phenoxy) is 2. The van der Waals surface area contributed by atoms with E-state index in [4.69, 9.17) is 9.47 Å². The Kier molecular flexibility index (Phi) is 11.2. The summed E-state index contributed by atoms with van der Waals surface area (Å²) in [6, 6.07) is 0.566. The zero-order valence-corrected chi connectivity index (χ0v) is 44.4. The SMILES string of the molecule is CCNCC.C[C@@H]1CC[C@H]2[C@@H](C)[C@@]3(CC[C@H]4[C@@H]5CC=C6C[C@@H](O)CC[C@]6(C)[C@H]5CC45CC53C)O[C@@H]2C1.C[C@@H]1CN[C@H]2[C@@H](C)[C@@]3(CC[C@H]4[C@@H]5CC=C6C[C@@H](O)CC[C@]6(C)[C@H]5CC45CC53C)O[C@@H]2C1. The van der Waals surface area contributed by atoms with Gasteiger partial charge >= 0.3 is 0 Å². The Morgan fingerprint density at radius 1 is 0.597 bits per heavy atom. The van der Waals surface area contributed by atoms with E-state index in [-0.39, 0.29) is 23.4 Å². The first-order valence-electron chi connectivity index (χ1n) is 29.4. The molecule has 6 heteroatoms. The van der Waals surface area contributed by atoms with E-state index in [1.165, 1.54) is 103 Å². The summed E-state index contributed by atoms with van der Waals surface area (Å²) in [5, 5.41) is 27.7. The van der Waals surface area contributed by atoms with Crippen molar-refractivity contribution in [2.45, 2.75) is 239 Å². The van der Waals surface area contributed by atoms with Gasteiger partial charge in [-0.1, -0.05) is 99.0 Å². The molecule has 0 radical (unpaired) electrons. The molecule has 9 saturated carbocycles. The molecule has 0 amide bonds. The highest BCUT2D eigenvalue weighted by molar-refractivity contribution is 5.38. The summed E-state index contributed by atoms with van der Waals surface area (Å²) in [6.45, 7) is 28.0. The number of fused-ring (bicyclic) bond motifs is 12. The van der Waals surface area contributed by atoms with Crippen molar-refractivity contribution in [1.82, 2.24) is 10.6 Å². The van der Waals surface area contributed by atoms with Crippen molar-refractivity contribution < 1.29 is 19.7 Å². The van der Waals surface area contributed by atoms with Crippen LogP contribution in [0.25, 0.3) is 0 Å². The maximum Gasteiger partial charge on any atom is 0.0787 e. The number of rotatable bonds is 2. The summed E-state index contributed by atoms with van der Waals surface area (Å²) < 4.78 is 14.5. The molecule has 0 aromatic carbocycles. The zero-order valence-electron chi connectivity index (χ0n) is 44.4. The van der Waals surface area contributed by atoms with E-state index >= 15 is 0 Å². The Morgan fingerprint density at radius 2 is 1.10 bits per heavy atom. The van der Waals surface area contributed by atoms with Gasteiger partial charge < -0.3 is 30.3 Å². The molecular weight excluding hydrogens is 825 g/mol. The van der Waals surface area contributed by atoms with Gasteiger partial charge in [-0.25, -0.2) is 0 Å². The molecule has 14 rings (SSSR count). The molecule has 376 valence electrons. The Morgan fingerprint density at radius 3 is 1.63 bits per heavy atom. The lowest BCUT2D eigenvalue weighted by Crippen LogP contribution is -2.53. The van der Waals surface area contributed by atoms with Crippen LogP contribution in [0.15, 0.2) is 23.3 Å². The molecule has 4 unspecified atom stereocenters. The third-order valence-corrected chi connectivity index (χ3v) is 26.5. The number of nitrogens with one attached hydrogen (secondary N) is 2. The van der Waals surface area contributed by atoms with E-state index in [1.54, 1.807) is 11.1 Å². The van der Waals surface area contributed by atoms with Crippen LogP contribution in [-0.4, -0.2) is 71.5 Å². The molecule has 3 saturated heterocycles. The van der Waals surface area contributed by atoms with Gasteiger partial charge in [-0.05, 0) is 222 Å². The second-order valence-corrected chi connectivity index (χ2v) is 28.6. The molecule has 11 aliphatic carbocycles. The molecule has 3 heterocycles. The molecule has 14 aliphatic rings. The van der Waals surface area contributed by atoms with E-state index < -0.39 is 0 Å². The summed E-state index contributed by atoms with van der Waals surface area (Å²) >= 11 is 0. The van der Waals surface area contributed by atoms with Crippen molar-refractivity contribution in [3.63, 3.8) is 0 Å². The minimum Gasteiger partial charge on any atom is -0.393 e. The number of aliphatic hydroxyl groups is 2. The summed E-state index contributed by atoms with van der Waals surface area (Å²) in [5.41, 5.74) is 6.04. The lowest BCUT2D eigenvalue weighted by atomic mass is 9.56. The fourth-order valence-electron chi connectivity index (χ4n) is 22.8. The van der Waals surface area contributed by atoms with Crippen LogP contribution >= 0.6 is 0 Å². The van der Waals surface area contributed by atoms with Crippen molar-refractivity contribution in [2.75, 3.05) is 19.6 Å². The fraction of sp³-hybridized carbons (Fsp3) is 0.934. The van der Waals surface area contributed by atoms with Gasteiger partial charge in [0.15, 0.2) is 0 Å². The Bertz CT molecular complexity index is 1860. The third kappa shape index (κ3) is 6.19. The number of hydrogen-bond acceptors (Lipinski definition) is 6. The van der Waals surface area contributed by atoms with E-state index in [9.17, 15) is 10.2 Å². The molecule has 0 aromatic rings. The Labute approximate surface area is 408 Å². The minimum atomic E-state index is -0.0989. The van der Waals surface area contributed by atoms with Crippen molar-refractivity contribution in [2.24, 2.45) is 97.6 Å². The smallest absolute Gasteiger partial charge is 0.0787 e. The molecule has 12 fully saturated rings. The van der Waals surface area contributed by atoms with Gasteiger partial charge in [0.05, 0.1) is 35.6 Å². The molecule has 0 aromatic heterocycles. The fourth-order valence-corrected chi connectivity index (χ4v) is 22.8. The first kappa shape index (κ1) is 47.3. The van der Waals surface area contributed by atoms with Crippen molar-refractivity contribution in [3.8, 4) is 0 Å². The number of piperidine rings is 1. The maximum absolute atomic E-state index is 10.3. The number of allylic oxidation sites excluding steroid dienone is 2. The maximum atomic E-state index is 10.3. The molecule has 4 spiro atoms. The average molecular weight is 923 g/mol. The van der Waals surface area contributed by atoms with Crippen LogP contribution in [0.5, 0.6) is 0 Å². The van der Waals surface area contributed by atoms with Gasteiger partial charge in [-0.3, -0.25) is 0 Å². The minimum absolute atomic E-state index is 0.0920. The Hall–Kier alpha value is -0.760. The van der Waals surface area contributed by atoms with Crippen LogP contribution in [0.4, 0.5) is 0 Å². The van der Waals surface area contributed by atoms with Crippen molar-refractivity contribution in [1.29, 1.82) is 0 Å². The van der Waals surface area contributed by atoms with Crippen LogP contribution in [0.1, 0.15) is 198 Å². The summed E-state index contributed by atoms with van der Waals surface area (Å²) in [5.74, 6) is 9.05. The summed E-state index contributed by atoms with van der Waals surface area (Å²) in [6.07, 6.45) is 31.3. The van der Waals surface area contributed by atoms with Gasteiger partial charge in [-0.2, -0.15) is 0 Å². The highest BCUT2D eigenvalue weighted by Crippen LogP contribution is 2.89. The number of aliphatic hydroxyl groups excluding tert-OH is 2. The first-order valence-corrected chi connectivity index (χ1v) is 29.4. The van der Waals surface area contributed by atoms with Gasteiger partial charge in [0, 0.05) is 22.8 Å². The molecule has 3 aliphatic heterocycles. The molecule has 0 bridgehead atoms. The monoisotopic (exact) mass is 923 g/mol. The van der Waals surface area contributed by atoms with Crippen LogP contribution in [0, 0.1) is 97.6 Å². The average Bonchev–Trinajstić information content (AvgIpc) is 3.84. The predicted molar refractivity (Wildman–Crippen MR) is 270 cm³/mol. The topological polar surface area (TPSA) is 83.0 Å². The van der Waals surface area contributed by atoms with Crippen LogP contribution in [-0.2, 0) is 9.47 Å². The zero-order chi connectivity index (χ0) is 46.9.